The lowest BCUT2D eigenvalue weighted by Gasteiger charge is -2.35. The fourth-order valence-electron chi connectivity index (χ4n) is 3.08. The minimum Gasteiger partial charge on any atom is -0.355 e. The number of carbonyl (C=O) groups excluding carboxylic acids is 2. The number of anilines is 1. The molecule has 2 amide bonds. The zero-order valence-corrected chi connectivity index (χ0v) is 15.1. The molecule has 2 aromatic rings. The topological polar surface area (TPSA) is 65.5 Å². The van der Waals surface area contributed by atoms with Crippen LogP contribution in [0.2, 0.25) is 0 Å². The van der Waals surface area contributed by atoms with Gasteiger partial charge in [-0.05, 0) is 30.2 Å². The molecule has 0 atom stereocenters. The number of piperazine rings is 1. The number of benzene rings is 1. The molecule has 1 fully saturated rings. The summed E-state index contributed by atoms with van der Waals surface area (Å²) in [6, 6.07) is 12.2. The maximum Gasteiger partial charge on any atom is 0.232 e. The van der Waals surface area contributed by atoms with Crippen molar-refractivity contribution in [3.8, 4) is 0 Å². The molecular weight excluding hydrogens is 347 g/mol. The zero-order valence-electron chi connectivity index (χ0n) is 15.1. The Hall–Kier alpha value is -2.96. The number of pyridine rings is 1. The van der Waals surface area contributed by atoms with Gasteiger partial charge in [0.2, 0.25) is 11.8 Å². The van der Waals surface area contributed by atoms with E-state index in [0.717, 1.165) is 5.82 Å². The van der Waals surface area contributed by atoms with Crippen LogP contribution < -0.4 is 10.2 Å². The molecule has 0 unspecified atom stereocenters. The Morgan fingerprint density at radius 1 is 1.04 bits per heavy atom. The summed E-state index contributed by atoms with van der Waals surface area (Å²) in [5, 5.41) is 2.69. The number of hydrogen-bond donors (Lipinski definition) is 1. The van der Waals surface area contributed by atoms with Gasteiger partial charge >= 0.3 is 0 Å². The minimum absolute atomic E-state index is 0.180. The van der Waals surface area contributed by atoms with E-state index in [9.17, 15) is 14.0 Å². The molecule has 27 heavy (non-hydrogen) atoms. The van der Waals surface area contributed by atoms with Gasteiger partial charge in [-0.25, -0.2) is 9.37 Å². The van der Waals surface area contributed by atoms with E-state index >= 15 is 0 Å². The molecule has 1 aromatic carbocycles. The number of aromatic nitrogens is 1. The van der Waals surface area contributed by atoms with Gasteiger partial charge in [-0.3, -0.25) is 9.59 Å². The average molecular weight is 370 g/mol. The largest absolute Gasteiger partial charge is 0.355 e. The van der Waals surface area contributed by atoms with Crippen LogP contribution in [0.15, 0.2) is 48.7 Å². The Bertz CT molecular complexity index is 777. The molecule has 1 aliphatic rings. The van der Waals surface area contributed by atoms with E-state index in [1.165, 1.54) is 6.07 Å². The van der Waals surface area contributed by atoms with Gasteiger partial charge in [0.25, 0.3) is 0 Å². The van der Waals surface area contributed by atoms with Gasteiger partial charge in [0.05, 0.1) is 0 Å². The normalized spacial score (nSPS) is 14.1. The summed E-state index contributed by atoms with van der Waals surface area (Å²) in [5.74, 6) is 0.103. The lowest BCUT2D eigenvalue weighted by Crippen LogP contribution is -2.49. The summed E-state index contributed by atoms with van der Waals surface area (Å²) in [6.07, 6.45) is 1.97. The highest BCUT2D eigenvalue weighted by Crippen LogP contribution is 2.13. The van der Waals surface area contributed by atoms with Crippen molar-refractivity contribution >= 4 is 17.6 Å². The first-order chi connectivity index (χ1) is 13.1. The van der Waals surface area contributed by atoms with E-state index < -0.39 is 0 Å². The highest BCUT2D eigenvalue weighted by atomic mass is 19.1. The van der Waals surface area contributed by atoms with Crippen molar-refractivity contribution in [3.63, 3.8) is 0 Å². The van der Waals surface area contributed by atoms with E-state index in [1.807, 2.05) is 18.2 Å². The third-order valence-electron chi connectivity index (χ3n) is 4.59. The monoisotopic (exact) mass is 370 g/mol. The van der Waals surface area contributed by atoms with Gasteiger partial charge < -0.3 is 15.1 Å². The van der Waals surface area contributed by atoms with Crippen LogP contribution in [0, 0.1) is 5.82 Å². The molecule has 1 saturated heterocycles. The number of nitrogens with zero attached hydrogens (tertiary/aromatic N) is 3. The van der Waals surface area contributed by atoms with E-state index in [1.54, 1.807) is 29.3 Å². The second kappa shape index (κ2) is 9.12. The Kier molecular flexibility index (Phi) is 6.35. The van der Waals surface area contributed by atoms with Crippen molar-refractivity contribution in [1.29, 1.82) is 0 Å². The Morgan fingerprint density at radius 3 is 2.48 bits per heavy atom. The van der Waals surface area contributed by atoms with E-state index in [0.29, 0.717) is 44.7 Å². The Balaban J connectivity index is 1.39. The molecule has 142 valence electrons. The van der Waals surface area contributed by atoms with Crippen LogP contribution in [0.4, 0.5) is 10.2 Å². The van der Waals surface area contributed by atoms with E-state index in [4.69, 9.17) is 0 Å². The number of hydrogen-bond acceptors (Lipinski definition) is 4. The maximum absolute atomic E-state index is 13.5. The first kappa shape index (κ1) is 18.8. The first-order valence-corrected chi connectivity index (χ1v) is 9.07. The third kappa shape index (κ3) is 5.26. The summed E-state index contributed by atoms with van der Waals surface area (Å²) < 4.78 is 13.5. The predicted molar refractivity (Wildman–Crippen MR) is 101 cm³/mol. The van der Waals surface area contributed by atoms with Crippen molar-refractivity contribution < 1.29 is 14.0 Å². The van der Waals surface area contributed by atoms with Crippen molar-refractivity contribution in [2.24, 2.45) is 0 Å². The number of amides is 2. The van der Waals surface area contributed by atoms with Crippen molar-refractivity contribution in [2.45, 2.75) is 12.8 Å². The van der Waals surface area contributed by atoms with Crippen LogP contribution in [0.1, 0.15) is 12.0 Å². The molecule has 1 aromatic heterocycles. The van der Waals surface area contributed by atoms with Crippen LogP contribution in [0.5, 0.6) is 0 Å². The number of nitrogens with one attached hydrogen (secondary N) is 1. The number of halogens is 1. The molecule has 0 radical (unpaired) electrons. The lowest BCUT2D eigenvalue weighted by molar-refractivity contribution is -0.136. The summed E-state index contributed by atoms with van der Waals surface area (Å²) in [5.41, 5.74) is 0.551. The van der Waals surface area contributed by atoms with Crippen LogP contribution in [0.3, 0.4) is 0 Å². The highest BCUT2D eigenvalue weighted by Gasteiger charge is 2.23. The van der Waals surface area contributed by atoms with Crippen molar-refractivity contribution in [1.82, 2.24) is 15.2 Å². The van der Waals surface area contributed by atoms with E-state index in [-0.39, 0.29) is 24.1 Å². The third-order valence-corrected chi connectivity index (χ3v) is 4.59. The SMILES string of the molecule is O=C(CC(=O)N1CCN(c2ccccn2)CC1)NCCc1ccccc1F. The Morgan fingerprint density at radius 2 is 1.78 bits per heavy atom. The second-order valence-corrected chi connectivity index (χ2v) is 6.42. The average Bonchev–Trinajstić information content (AvgIpc) is 2.70. The van der Waals surface area contributed by atoms with Crippen LogP contribution in [0.25, 0.3) is 0 Å². The molecular formula is C20H23FN4O2. The van der Waals surface area contributed by atoms with Crippen LogP contribution in [-0.4, -0.2) is 54.4 Å². The Labute approximate surface area is 158 Å². The van der Waals surface area contributed by atoms with Gasteiger partial charge in [0, 0.05) is 38.9 Å². The number of carbonyl (C=O) groups is 2. The molecule has 1 aliphatic heterocycles. The summed E-state index contributed by atoms with van der Waals surface area (Å²) in [6.45, 7) is 2.83. The molecule has 6 nitrogen and oxygen atoms in total. The van der Waals surface area contributed by atoms with Gasteiger partial charge in [-0.2, -0.15) is 0 Å². The fourth-order valence-corrected chi connectivity index (χ4v) is 3.08. The highest BCUT2D eigenvalue weighted by molar-refractivity contribution is 5.96. The molecule has 0 bridgehead atoms. The predicted octanol–water partition coefficient (Wildman–Crippen LogP) is 1.62. The quantitative estimate of drug-likeness (QED) is 0.785. The first-order valence-electron chi connectivity index (χ1n) is 9.07. The standard InChI is InChI=1S/C20H23FN4O2/c21-17-6-2-1-5-16(17)8-10-23-19(26)15-20(27)25-13-11-24(12-14-25)18-7-3-4-9-22-18/h1-7,9H,8,10-15H2,(H,23,26). The number of rotatable bonds is 6. The minimum atomic E-state index is -0.330. The van der Waals surface area contributed by atoms with E-state index in [2.05, 4.69) is 15.2 Å². The molecule has 7 heteroatoms. The summed E-state index contributed by atoms with van der Waals surface area (Å²) >= 11 is 0. The second-order valence-electron chi connectivity index (χ2n) is 6.42. The molecule has 1 N–H and O–H groups in total. The fraction of sp³-hybridized carbons (Fsp3) is 0.350. The van der Waals surface area contributed by atoms with Gasteiger partial charge in [0.1, 0.15) is 18.1 Å². The smallest absolute Gasteiger partial charge is 0.232 e. The van der Waals surface area contributed by atoms with Gasteiger partial charge in [-0.15, -0.1) is 0 Å². The molecule has 0 saturated carbocycles. The molecule has 2 heterocycles. The maximum atomic E-state index is 13.5. The lowest BCUT2D eigenvalue weighted by atomic mass is 10.1. The van der Waals surface area contributed by atoms with Crippen LogP contribution in [-0.2, 0) is 16.0 Å². The zero-order chi connectivity index (χ0) is 19.1. The van der Waals surface area contributed by atoms with Crippen molar-refractivity contribution in [3.05, 3.63) is 60.0 Å². The van der Waals surface area contributed by atoms with Gasteiger partial charge in [-0.1, -0.05) is 24.3 Å². The van der Waals surface area contributed by atoms with Gasteiger partial charge in [0.15, 0.2) is 0 Å². The molecule has 0 aliphatic carbocycles. The molecule has 0 spiro atoms. The summed E-state index contributed by atoms with van der Waals surface area (Å²) in [4.78, 5) is 32.4. The summed E-state index contributed by atoms with van der Waals surface area (Å²) in [7, 11) is 0. The van der Waals surface area contributed by atoms with Crippen LogP contribution >= 0.6 is 0 Å². The molecule has 3 rings (SSSR count). The van der Waals surface area contributed by atoms with Crippen molar-refractivity contribution in [2.75, 3.05) is 37.6 Å².